The number of ether oxygens (including phenoxy) is 1. The van der Waals surface area contributed by atoms with Crippen LogP contribution >= 0.6 is 11.8 Å². The number of rotatable bonds is 4. The molecule has 0 heterocycles. The van der Waals surface area contributed by atoms with Crippen LogP contribution in [-0.4, -0.2) is 12.6 Å². The predicted molar refractivity (Wildman–Crippen MR) is 62.7 cm³/mol. The van der Waals surface area contributed by atoms with Crippen LogP contribution in [0.25, 0.3) is 0 Å². The van der Waals surface area contributed by atoms with Crippen LogP contribution < -0.4 is 0 Å². The van der Waals surface area contributed by atoms with Gasteiger partial charge in [-0.2, -0.15) is 0 Å². The van der Waals surface area contributed by atoms with Crippen LogP contribution in [0.3, 0.4) is 0 Å². The second-order valence-electron chi connectivity index (χ2n) is 2.79. The normalized spacial score (nSPS) is 11.2. The lowest BCUT2D eigenvalue weighted by Gasteiger charge is -2.05. The second kappa shape index (κ2) is 6.30. The molecule has 0 atom stereocenters. The molecule has 0 saturated carbocycles. The first-order valence-corrected chi connectivity index (χ1v) is 5.66. The van der Waals surface area contributed by atoms with E-state index in [1.165, 1.54) is 11.8 Å². The Morgan fingerprint density at radius 2 is 2.07 bits per heavy atom. The van der Waals surface area contributed by atoms with Gasteiger partial charge in [-0.25, -0.2) is 4.79 Å². The summed E-state index contributed by atoms with van der Waals surface area (Å²) in [6.45, 7) is 4.05. The fraction of sp³-hybridized carbons (Fsp3) is 0.250. The fourth-order valence-electron chi connectivity index (χ4n) is 1.04. The highest BCUT2D eigenvalue weighted by Gasteiger charge is 2.10. The van der Waals surface area contributed by atoms with Crippen LogP contribution in [0, 0.1) is 0 Å². The van der Waals surface area contributed by atoms with Crippen molar-refractivity contribution in [2.75, 3.05) is 6.61 Å². The zero-order chi connectivity index (χ0) is 11.1. The molecule has 0 spiro atoms. The maximum absolute atomic E-state index is 11.5. The lowest BCUT2D eigenvalue weighted by Crippen LogP contribution is -2.04. The maximum atomic E-state index is 11.5. The average Bonchev–Trinajstić information content (AvgIpc) is 2.27. The zero-order valence-electron chi connectivity index (χ0n) is 8.90. The summed E-state index contributed by atoms with van der Waals surface area (Å²) in [5.74, 6) is -0.256. The van der Waals surface area contributed by atoms with Gasteiger partial charge in [-0.05, 0) is 26.0 Å². The van der Waals surface area contributed by atoms with Gasteiger partial charge in [0.25, 0.3) is 0 Å². The van der Waals surface area contributed by atoms with E-state index in [0.29, 0.717) is 11.5 Å². The number of allylic oxidation sites excluding steroid dienone is 1. The van der Waals surface area contributed by atoms with Crippen LogP contribution in [0.1, 0.15) is 13.8 Å². The summed E-state index contributed by atoms with van der Waals surface area (Å²) >= 11 is 1.42. The van der Waals surface area contributed by atoms with Crippen LogP contribution in [0.2, 0.25) is 0 Å². The molecule has 1 aromatic carbocycles. The largest absolute Gasteiger partial charge is 0.462 e. The Bertz CT molecular complexity index is 344. The Kier molecular flexibility index (Phi) is 4.98. The molecule has 0 aliphatic heterocycles. The smallest absolute Gasteiger partial charge is 0.344 e. The third-order valence-corrected chi connectivity index (χ3v) is 2.84. The van der Waals surface area contributed by atoms with Crippen molar-refractivity contribution in [2.45, 2.75) is 18.7 Å². The van der Waals surface area contributed by atoms with Crippen LogP contribution in [0.15, 0.2) is 46.2 Å². The molecule has 0 aromatic heterocycles. The molecule has 2 nitrogen and oxygen atoms in total. The highest BCUT2D eigenvalue weighted by Crippen LogP contribution is 2.26. The zero-order valence-corrected chi connectivity index (χ0v) is 9.71. The molecule has 3 heteroatoms. The highest BCUT2D eigenvalue weighted by atomic mass is 32.2. The van der Waals surface area contributed by atoms with Crippen molar-refractivity contribution in [1.29, 1.82) is 0 Å². The number of hydrogen-bond acceptors (Lipinski definition) is 3. The summed E-state index contributed by atoms with van der Waals surface area (Å²) in [6.07, 6.45) is 1.77. The predicted octanol–water partition coefficient (Wildman–Crippen LogP) is 3.25. The van der Waals surface area contributed by atoms with E-state index in [1.54, 1.807) is 13.0 Å². The van der Waals surface area contributed by atoms with Crippen molar-refractivity contribution in [3.63, 3.8) is 0 Å². The molecule has 0 N–H and O–H groups in total. The molecule has 0 aliphatic rings. The summed E-state index contributed by atoms with van der Waals surface area (Å²) in [5.41, 5.74) is 0. The summed E-state index contributed by atoms with van der Waals surface area (Å²) in [6, 6.07) is 9.77. The van der Waals surface area contributed by atoms with Crippen molar-refractivity contribution in [3.8, 4) is 0 Å². The molecule has 0 radical (unpaired) electrons. The van der Waals surface area contributed by atoms with E-state index in [4.69, 9.17) is 4.74 Å². The first-order chi connectivity index (χ1) is 7.27. The Hall–Kier alpha value is -1.22. The van der Waals surface area contributed by atoms with Crippen LogP contribution in [0.4, 0.5) is 0 Å². The molecule has 0 bridgehead atoms. The van der Waals surface area contributed by atoms with E-state index in [2.05, 4.69) is 0 Å². The van der Waals surface area contributed by atoms with Crippen molar-refractivity contribution >= 4 is 17.7 Å². The van der Waals surface area contributed by atoms with E-state index < -0.39 is 0 Å². The number of hydrogen-bond donors (Lipinski definition) is 0. The molecule has 15 heavy (non-hydrogen) atoms. The summed E-state index contributed by atoms with van der Waals surface area (Å²) < 4.78 is 4.94. The molecule has 1 rings (SSSR count). The molecule has 1 aromatic rings. The van der Waals surface area contributed by atoms with Gasteiger partial charge in [0.05, 0.1) is 11.5 Å². The van der Waals surface area contributed by atoms with Gasteiger partial charge in [-0.15, -0.1) is 0 Å². The Morgan fingerprint density at radius 3 is 2.60 bits per heavy atom. The van der Waals surface area contributed by atoms with Gasteiger partial charge in [0.15, 0.2) is 0 Å². The Balaban J connectivity index is 2.67. The van der Waals surface area contributed by atoms with Crippen molar-refractivity contribution in [1.82, 2.24) is 0 Å². The molecular formula is C12H14O2S. The standard InChI is InChI=1S/C12H14O2S/c1-3-11(12(13)14-4-2)15-10-8-6-5-7-9-10/h3,5-9H,4H2,1-2H3/b11-3+. The molecule has 0 fully saturated rings. The third kappa shape index (κ3) is 3.80. The topological polar surface area (TPSA) is 26.3 Å². The van der Waals surface area contributed by atoms with E-state index in [0.717, 1.165) is 4.90 Å². The Morgan fingerprint density at radius 1 is 1.40 bits per heavy atom. The number of benzene rings is 1. The van der Waals surface area contributed by atoms with Crippen molar-refractivity contribution < 1.29 is 9.53 Å². The van der Waals surface area contributed by atoms with E-state index >= 15 is 0 Å². The van der Waals surface area contributed by atoms with Gasteiger partial charge in [0.1, 0.15) is 0 Å². The molecule has 0 saturated heterocycles. The molecule has 0 amide bonds. The highest BCUT2D eigenvalue weighted by molar-refractivity contribution is 8.04. The van der Waals surface area contributed by atoms with Gasteiger partial charge < -0.3 is 4.74 Å². The molecular weight excluding hydrogens is 208 g/mol. The molecule has 80 valence electrons. The maximum Gasteiger partial charge on any atom is 0.344 e. The quantitative estimate of drug-likeness (QED) is 0.444. The summed E-state index contributed by atoms with van der Waals surface area (Å²) in [5, 5.41) is 0. The van der Waals surface area contributed by atoms with E-state index in [9.17, 15) is 4.79 Å². The van der Waals surface area contributed by atoms with Crippen LogP contribution in [0.5, 0.6) is 0 Å². The minimum atomic E-state index is -0.256. The van der Waals surface area contributed by atoms with Gasteiger partial charge in [0.2, 0.25) is 0 Å². The van der Waals surface area contributed by atoms with E-state index in [-0.39, 0.29) is 5.97 Å². The second-order valence-corrected chi connectivity index (χ2v) is 3.90. The number of carbonyl (C=O) groups is 1. The van der Waals surface area contributed by atoms with Gasteiger partial charge >= 0.3 is 5.97 Å². The van der Waals surface area contributed by atoms with Gasteiger partial charge in [-0.3, -0.25) is 0 Å². The van der Waals surface area contributed by atoms with Crippen LogP contribution in [-0.2, 0) is 9.53 Å². The van der Waals surface area contributed by atoms with E-state index in [1.807, 2.05) is 37.3 Å². The number of thioether (sulfide) groups is 1. The fourth-order valence-corrected chi connectivity index (χ4v) is 1.84. The van der Waals surface area contributed by atoms with Gasteiger partial charge in [-0.1, -0.05) is 36.0 Å². The SMILES string of the molecule is C/C=C(/Sc1ccccc1)C(=O)OCC. The third-order valence-electron chi connectivity index (χ3n) is 1.71. The van der Waals surface area contributed by atoms with Crippen molar-refractivity contribution in [2.24, 2.45) is 0 Å². The average molecular weight is 222 g/mol. The number of esters is 1. The number of carbonyl (C=O) groups excluding carboxylic acids is 1. The Labute approximate surface area is 94.3 Å². The minimum Gasteiger partial charge on any atom is -0.462 e. The van der Waals surface area contributed by atoms with Crippen molar-refractivity contribution in [3.05, 3.63) is 41.3 Å². The molecule has 0 unspecified atom stereocenters. The first-order valence-electron chi connectivity index (χ1n) is 4.84. The minimum absolute atomic E-state index is 0.256. The first kappa shape index (κ1) is 11.9. The molecule has 0 aliphatic carbocycles. The summed E-state index contributed by atoms with van der Waals surface area (Å²) in [7, 11) is 0. The van der Waals surface area contributed by atoms with Gasteiger partial charge in [0, 0.05) is 4.90 Å². The lowest BCUT2D eigenvalue weighted by atomic mass is 10.4. The summed E-state index contributed by atoms with van der Waals surface area (Å²) in [4.78, 5) is 13.1. The lowest BCUT2D eigenvalue weighted by molar-refractivity contribution is -0.137. The monoisotopic (exact) mass is 222 g/mol.